The van der Waals surface area contributed by atoms with Gasteiger partial charge in [0.2, 0.25) is 0 Å². The number of carbonyl (C=O) groups excluding carboxylic acids is 1. The summed E-state index contributed by atoms with van der Waals surface area (Å²) < 4.78 is 10.4. The molecule has 0 unspecified atom stereocenters. The summed E-state index contributed by atoms with van der Waals surface area (Å²) in [5.74, 6) is 0.650. The average molecular weight is 243 g/mol. The van der Waals surface area contributed by atoms with Gasteiger partial charge in [-0.2, -0.15) is 0 Å². The third kappa shape index (κ3) is 5.91. The van der Waals surface area contributed by atoms with Crippen molar-refractivity contribution in [3.8, 4) is 0 Å². The molecule has 0 radical (unpaired) electrons. The normalized spacial score (nSPS) is 25.4. The van der Waals surface area contributed by atoms with Gasteiger partial charge in [-0.3, -0.25) is 0 Å². The summed E-state index contributed by atoms with van der Waals surface area (Å²) in [6.07, 6.45) is 3.98. The lowest BCUT2D eigenvalue weighted by molar-refractivity contribution is 0.0477. The first-order valence-corrected chi connectivity index (χ1v) is 6.39. The number of amides is 1. The fraction of sp³-hybridized carbons (Fsp3) is 0.923. The summed E-state index contributed by atoms with van der Waals surface area (Å²) in [7, 11) is 1.74. The number of carbonyl (C=O) groups is 1. The van der Waals surface area contributed by atoms with Crippen LogP contribution in [0.25, 0.3) is 0 Å². The molecule has 1 aliphatic rings. The minimum atomic E-state index is -0.419. The van der Waals surface area contributed by atoms with Crippen molar-refractivity contribution < 1.29 is 14.3 Å². The van der Waals surface area contributed by atoms with Crippen LogP contribution in [0.3, 0.4) is 0 Å². The highest BCUT2D eigenvalue weighted by Gasteiger charge is 2.24. The lowest BCUT2D eigenvalue weighted by Gasteiger charge is -2.29. The molecule has 0 spiro atoms. The minimum Gasteiger partial charge on any atom is -0.444 e. The van der Waals surface area contributed by atoms with E-state index in [0.29, 0.717) is 5.92 Å². The van der Waals surface area contributed by atoms with Gasteiger partial charge in [-0.05, 0) is 52.4 Å². The first-order chi connectivity index (χ1) is 7.90. The maximum absolute atomic E-state index is 11.6. The number of hydrogen-bond acceptors (Lipinski definition) is 3. The van der Waals surface area contributed by atoms with Crippen LogP contribution >= 0.6 is 0 Å². The maximum atomic E-state index is 11.6. The van der Waals surface area contributed by atoms with Crippen LogP contribution in [-0.2, 0) is 9.47 Å². The van der Waals surface area contributed by atoms with Gasteiger partial charge in [0.05, 0.1) is 0 Å². The van der Waals surface area contributed by atoms with Crippen molar-refractivity contribution in [1.29, 1.82) is 0 Å². The molecule has 4 heteroatoms. The van der Waals surface area contributed by atoms with Crippen LogP contribution in [0, 0.1) is 5.92 Å². The van der Waals surface area contributed by atoms with Gasteiger partial charge in [-0.1, -0.05) is 0 Å². The van der Waals surface area contributed by atoms with E-state index in [1.54, 1.807) is 7.11 Å². The van der Waals surface area contributed by atoms with Crippen molar-refractivity contribution in [2.45, 2.75) is 58.1 Å². The highest BCUT2D eigenvalue weighted by molar-refractivity contribution is 5.68. The van der Waals surface area contributed by atoms with Gasteiger partial charge in [0.15, 0.2) is 0 Å². The Morgan fingerprint density at radius 2 is 1.82 bits per heavy atom. The van der Waals surface area contributed by atoms with Crippen LogP contribution < -0.4 is 5.32 Å². The van der Waals surface area contributed by atoms with Crippen LogP contribution in [0.4, 0.5) is 4.79 Å². The molecule has 1 amide bonds. The highest BCUT2D eigenvalue weighted by atomic mass is 16.6. The largest absolute Gasteiger partial charge is 0.444 e. The van der Waals surface area contributed by atoms with Crippen molar-refractivity contribution >= 4 is 6.09 Å². The SMILES string of the molecule is COC[C@H]1CC[C@@H](NC(=O)OC(C)(C)C)CC1. The standard InChI is InChI=1S/C13H25NO3/c1-13(2,3)17-12(15)14-11-7-5-10(6-8-11)9-16-4/h10-11H,5-9H2,1-4H3,(H,14,15)/t10-,11+. The van der Waals surface area contributed by atoms with E-state index in [2.05, 4.69) is 5.32 Å². The van der Waals surface area contributed by atoms with Gasteiger partial charge in [0, 0.05) is 19.8 Å². The number of ether oxygens (including phenoxy) is 2. The highest BCUT2D eigenvalue weighted by Crippen LogP contribution is 2.24. The molecule has 1 saturated carbocycles. The second-order valence-corrected chi connectivity index (χ2v) is 5.82. The summed E-state index contributed by atoms with van der Waals surface area (Å²) in [6, 6.07) is 0.262. The molecule has 0 aliphatic heterocycles. The number of alkyl carbamates (subject to hydrolysis) is 1. The third-order valence-corrected chi connectivity index (χ3v) is 2.97. The van der Waals surface area contributed by atoms with Crippen LogP contribution in [0.15, 0.2) is 0 Å². The second-order valence-electron chi connectivity index (χ2n) is 5.82. The van der Waals surface area contributed by atoms with Crippen LogP contribution in [-0.4, -0.2) is 31.5 Å². The third-order valence-electron chi connectivity index (χ3n) is 2.97. The Kier molecular flexibility index (Phi) is 5.25. The van der Waals surface area contributed by atoms with E-state index < -0.39 is 5.60 Å². The fourth-order valence-corrected chi connectivity index (χ4v) is 2.18. The molecule has 0 aromatic carbocycles. The van der Waals surface area contributed by atoms with Crippen molar-refractivity contribution in [3.05, 3.63) is 0 Å². The van der Waals surface area contributed by atoms with E-state index >= 15 is 0 Å². The van der Waals surface area contributed by atoms with Crippen molar-refractivity contribution in [2.75, 3.05) is 13.7 Å². The first-order valence-electron chi connectivity index (χ1n) is 6.39. The van der Waals surface area contributed by atoms with Crippen LogP contribution in [0.2, 0.25) is 0 Å². The average Bonchev–Trinajstić information content (AvgIpc) is 2.18. The molecule has 1 aliphatic carbocycles. The summed E-state index contributed by atoms with van der Waals surface area (Å²) in [5.41, 5.74) is -0.419. The molecule has 0 heterocycles. The summed E-state index contributed by atoms with van der Waals surface area (Å²) >= 11 is 0. The van der Waals surface area contributed by atoms with Gasteiger partial charge in [-0.25, -0.2) is 4.79 Å². The monoisotopic (exact) mass is 243 g/mol. The quantitative estimate of drug-likeness (QED) is 0.829. The van der Waals surface area contributed by atoms with Crippen LogP contribution in [0.1, 0.15) is 46.5 Å². The van der Waals surface area contributed by atoms with E-state index in [9.17, 15) is 4.79 Å². The van der Waals surface area contributed by atoms with Gasteiger partial charge < -0.3 is 14.8 Å². The van der Waals surface area contributed by atoms with E-state index in [-0.39, 0.29) is 12.1 Å². The lowest BCUT2D eigenvalue weighted by Crippen LogP contribution is -2.41. The van der Waals surface area contributed by atoms with E-state index in [0.717, 1.165) is 32.3 Å². The molecule has 1 fully saturated rings. The second kappa shape index (κ2) is 6.24. The number of methoxy groups -OCH3 is 1. The molecule has 1 N–H and O–H groups in total. The molecule has 0 aromatic heterocycles. The van der Waals surface area contributed by atoms with Gasteiger partial charge in [0.1, 0.15) is 5.60 Å². The molecular formula is C13H25NO3. The van der Waals surface area contributed by atoms with Crippen molar-refractivity contribution in [1.82, 2.24) is 5.32 Å². The molecule has 0 saturated heterocycles. The van der Waals surface area contributed by atoms with Crippen molar-refractivity contribution in [3.63, 3.8) is 0 Å². The zero-order chi connectivity index (χ0) is 12.9. The Bertz CT molecular complexity index is 240. The van der Waals surface area contributed by atoms with E-state index in [1.165, 1.54) is 0 Å². The van der Waals surface area contributed by atoms with E-state index in [4.69, 9.17) is 9.47 Å². The smallest absolute Gasteiger partial charge is 0.407 e. The summed E-state index contributed by atoms with van der Waals surface area (Å²) in [4.78, 5) is 11.6. The predicted octanol–water partition coefficient (Wildman–Crippen LogP) is 2.72. The number of nitrogens with one attached hydrogen (secondary N) is 1. The Hall–Kier alpha value is -0.770. The maximum Gasteiger partial charge on any atom is 0.407 e. The Morgan fingerprint density at radius 3 is 2.29 bits per heavy atom. The van der Waals surface area contributed by atoms with Crippen LogP contribution in [0.5, 0.6) is 0 Å². The lowest BCUT2D eigenvalue weighted by atomic mass is 9.86. The molecule has 4 nitrogen and oxygen atoms in total. The molecule has 0 atom stereocenters. The first kappa shape index (κ1) is 14.3. The molecular weight excluding hydrogens is 218 g/mol. The molecule has 0 aromatic rings. The Morgan fingerprint density at radius 1 is 1.24 bits per heavy atom. The molecule has 17 heavy (non-hydrogen) atoms. The fourth-order valence-electron chi connectivity index (χ4n) is 2.18. The summed E-state index contributed by atoms with van der Waals surface area (Å²) in [6.45, 7) is 6.46. The molecule has 100 valence electrons. The topological polar surface area (TPSA) is 47.6 Å². The van der Waals surface area contributed by atoms with Gasteiger partial charge >= 0.3 is 6.09 Å². The molecule has 0 bridgehead atoms. The zero-order valence-corrected chi connectivity index (χ0v) is 11.4. The number of rotatable bonds is 3. The molecule has 1 rings (SSSR count). The summed E-state index contributed by atoms with van der Waals surface area (Å²) in [5, 5.41) is 2.94. The van der Waals surface area contributed by atoms with Gasteiger partial charge in [0.25, 0.3) is 0 Å². The number of hydrogen-bond donors (Lipinski definition) is 1. The van der Waals surface area contributed by atoms with E-state index in [1.807, 2.05) is 20.8 Å². The zero-order valence-electron chi connectivity index (χ0n) is 11.4. The Balaban J connectivity index is 2.24. The Labute approximate surface area is 104 Å². The van der Waals surface area contributed by atoms with Gasteiger partial charge in [-0.15, -0.1) is 0 Å². The minimum absolute atomic E-state index is 0.262. The van der Waals surface area contributed by atoms with Crippen molar-refractivity contribution in [2.24, 2.45) is 5.92 Å². The predicted molar refractivity (Wildman–Crippen MR) is 67.0 cm³/mol.